The van der Waals surface area contributed by atoms with Gasteiger partial charge in [0.1, 0.15) is 23.1 Å². The fraction of sp³-hybridized carbons (Fsp3) is 0.0833. The van der Waals surface area contributed by atoms with Crippen LogP contribution in [0.1, 0.15) is 11.1 Å². The molecule has 0 saturated heterocycles. The van der Waals surface area contributed by atoms with Gasteiger partial charge in [0.2, 0.25) is 0 Å². The Bertz CT molecular complexity index is 1070. The van der Waals surface area contributed by atoms with E-state index in [0.29, 0.717) is 11.4 Å². The molecule has 2 N–H and O–H groups in total. The number of anilines is 2. The van der Waals surface area contributed by atoms with Crippen LogP contribution in [0.15, 0.2) is 84.6 Å². The number of amides is 1. The minimum atomic E-state index is -0.485. The number of nitrogens with zero attached hydrogens (tertiary/aromatic N) is 1. The number of carbonyl (C=O) groups excluding carboxylic acids is 1. The fourth-order valence-electron chi connectivity index (χ4n) is 2.70. The molecule has 0 aromatic heterocycles. The van der Waals surface area contributed by atoms with Crippen molar-refractivity contribution in [2.75, 3.05) is 10.6 Å². The summed E-state index contributed by atoms with van der Waals surface area (Å²) in [6.45, 7) is 3.98. The summed E-state index contributed by atoms with van der Waals surface area (Å²) >= 11 is 0. The Balaban J connectivity index is 1.64. The Labute approximate surface area is 170 Å². The molecule has 29 heavy (non-hydrogen) atoms. The maximum atomic E-state index is 12.4. The highest BCUT2D eigenvalue weighted by Gasteiger charge is 2.10. The predicted octanol–water partition coefficient (Wildman–Crippen LogP) is 5.55. The number of nitriles is 1. The van der Waals surface area contributed by atoms with Crippen LogP contribution in [0, 0.1) is 25.2 Å². The number of benzene rings is 3. The van der Waals surface area contributed by atoms with Crippen LogP contribution in [-0.2, 0) is 4.79 Å². The Morgan fingerprint density at radius 3 is 2.31 bits per heavy atom. The Kier molecular flexibility index (Phi) is 6.29. The molecule has 0 atom stereocenters. The lowest BCUT2D eigenvalue weighted by Crippen LogP contribution is -2.14. The average Bonchev–Trinajstić information content (AvgIpc) is 2.72. The lowest BCUT2D eigenvalue weighted by molar-refractivity contribution is -0.112. The van der Waals surface area contributed by atoms with Crippen LogP contribution in [-0.4, -0.2) is 5.91 Å². The molecule has 0 fully saturated rings. The molecule has 0 spiro atoms. The van der Waals surface area contributed by atoms with Crippen molar-refractivity contribution in [3.63, 3.8) is 0 Å². The minimum absolute atomic E-state index is 0.0189. The van der Waals surface area contributed by atoms with E-state index in [4.69, 9.17) is 4.74 Å². The van der Waals surface area contributed by atoms with Crippen molar-refractivity contribution >= 4 is 17.3 Å². The van der Waals surface area contributed by atoms with Crippen LogP contribution in [0.4, 0.5) is 11.4 Å². The third-order valence-corrected chi connectivity index (χ3v) is 4.21. The van der Waals surface area contributed by atoms with E-state index < -0.39 is 5.91 Å². The Morgan fingerprint density at radius 1 is 0.966 bits per heavy atom. The van der Waals surface area contributed by atoms with Gasteiger partial charge < -0.3 is 15.4 Å². The molecule has 0 heterocycles. The molecule has 0 unspecified atom stereocenters. The van der Waals surface area contributed by atoms with E-state index in [1.807, 2.05) is 68.4 Å². The van der Waals surface area contributed by atoms with Crippen molar-refractivity contribution in [2.24, 2.45) is 0 Å². The molecule has 144 valence electrons. The van der Waals surface area contributed by atoms with E-state index >= 15 is 0 Å². The first-order valence-electron chi connectivity index (χ1n) is 9.13. The standard InChI is InChI=1S/C24H21N3O2/c1-17-8-13-23(18(2)14-17)26-16-19(15-25)24(28)27-20-9-11-22(12-10-20)29-21-6-4-3-5-7-21/h3-14,16,26H,1-2H3,(H,27,28)/b19-16-. The topological polar surface area (TPSA) is 74.2 Å². The van der Waals surface area contributed by atoms with E-state index in [0.717, 1.165) is 22.6 Å². The molecule has 3 aromatic carbocycles. The second kappa shape index (κ2) is 9.25. The molecule has 5 heteroatoms. The molecule has 0 aliphatic rings. The average molecular weight is 383 g/mol. The van der Waals surface area contributed by atoms with Gasteiger partial charge in [-0.1, -0.05) is 35.9 Å². The molecular formula is C24H21N3O2. The molecule has 3 aromatic rings. The number of carbonyl (C=O) groups is 1. The van der Waals surface area contributed by atoms with E-state index in [1.54, 1.807) is 24.3 Å². The Morgan fingerprint density at radius 2 is 1.66 bits per heavy atom. The van der Waals surface area contributed by atoms with Crippen molar-refractivity contribution in [1.29, 1.82) is 5.26 Å². The summed E-state index contributed by atoms with van der Waals surface area (Å²) in [7, 11) is 0. The van der Waals surface area contributed by atoms with Gasteiger partial charge in [0.05, 0.1) is 0 Å². The van der Waals surface area contributed by atoms with Crippen molar-refractivity contribution in [2.45, 2.75) is 13.8 Å². The largest absolute Gasteiger partial charge is 0.457 e. The lowest BCUT2D eigenvalue weighted by Gasteiger charge is -2.09. The number of para-hydroxylation sites is 1. The zero-order valence-electron chi connectivity index (χ0n) is 16.3. The number of ether oxygens (including phenoxy) is 1. The van der Waals surface area contributed by atoms with Crippen molar-refractivity contribution in [3.8, 4) is 17.6 Å². The summed E-state index contributed by atoms with van der Waals surface area (Å²) in [4.78, 5) is 12.4. The summed E-state index contributed by atoms with van der Waals surface area (Å²) < 4.78 is 5.73. The van der Waals surface area contributed by atoms with Gasteiger partial charge in [0.15, 0.2) is 0 Å². The SMILES string of the molecule is Cc1ccc(N/C=C(/C#N)C(=O)Nc2ccc(Oc3ccccc3)cc2)c(C)c1. The molecule has 0 bridgehead atoms. The van der Waals surface area contributed by atoms with Crippen molar-refractivity contribution < 1.29 is 9.53 Å². The van der Waals surface area contributed by atoms with Crippen LogP contribution in [0.3, 0.4) is 0 Å². The lowest BCUT2D eigenvalue weighted by atomic mass is 10.1. The highest BCUT2D eigenvalue weighted by Crippen LogP contribution is 2.23. The first kappa shape index (κ1) is 19.7. The molecule has 1 amide bonds. The Hall–Kier alpha value is -4.04. The second-order valence-electron chi connectivity index (χ2n) is 6.53. The fourth-order valence-corrected chi connectivity index (χ4v) is 2.70. The van der Waals surface area contributed by atoms with Crippen molar-refractivity contribution in [1.82, 2.24) is 0 Å². The molecular weight excluding hydrogens is 362 g/mol. The van der Waals surface area contributed by atoms with Gasteiger partial charge in [-0.3, -0.25) is 4.79 Å². The summed E-state index contributed by atoms with van der Waals surface area (Å²) in [5.41, 5.74) is 3.58. The van der Waals surface area contributed by atoms with Gasteiger partial charge >= 0.3 is 0 Å². The van der Waals surface area contributed by atoms with Crippen LogP contribution in [0.5, 0.6) is 11.5 Å². The third-order valence-electron chi connectivity index (χ3n) is 4.21. The van der Waals surface area contributed by atoms with Crippen LogP contribution in [0.25, 0.3) is 0 Å². The number of hydrogen-bond acceptors (Lipinski definition) is 4. The quantitative estimate of drug-likeness (QED) is 0.432. The van der Waals surface area contributed by atoms with Crippen LogP contribution >= 0.6 is 0 Å². The summed E-state index contributed by atoms with van der Waals surface area (Å²) in [6.07, 6.45) is 1.42. The molecule has 0 aliphatic carbocycles. The van der Waals surface area contributed by atoms with E-state index in [9.17, 15) is 10.1 Å². The maximum Gasteiger partial charge on any atom is 0.267 e. The zero-order chi connectivity index (χ0) is 20.6. The first-order valence-corrected chi connectivity index (χ1v) is 9.13. The maximum absolute atomic E-state index is 12.4. The van der Waals surface area contributed by atoms with Gasteiger partial charge in [-0.15, -0.1) is 0 Å². The monoisotopic (exact) mass is 383 g/mol. The zero-order valence-corrected chi connectivity index (χ0v) is 16.3. The molecule has 3 rings (SSSR count). The summed E-state index contributed by atoms with van der Waals surface area (Å²) in [5.74, 6) is 0.903. The number of hydrogen-bond donors (Lipinski definition) is 2. The molecule has 0 saturated carbocycles. The van der Waals surface area contributed by atoms with Crippen LogP contribution < -0.4 is 15.4 Å². The smallest absolute Gasteiger partial charge is 0.267 e. The predicted molar refractivity (Wildman–Crippen MR) is 115 cm³/mol. The number of nitrogens with one attached hydrogen (secondary N) is 2. The molecule has 0 aliphatic heterocycles. The van der Waals surface area contributed by atoms with Gasteiger partial charge in [0, 0.05) is 17.6 Å². The minimum Gasteiger partial charge on any atom is -0.457 e. The van der Waals surface area contributed by atoms with Gasteiger partial charge in [-0.05, 0) is 61.9 Å². The summed E-state index contributed by atoms with van der Waals surface area (Å²) in [5, 5.41) is 15.1. The van der Waals surface area contributed by atoms with Gasteiger partial charge in [-0.25, -0.2) is 0 Å². The normalized spacial score (nSPS) is 10.7. The van der Waals surface area contributed by atoms with E-state index in [2.05, 4.69) is 10.6 Å². The third kappa shape index (κ3) is 5.47. The second-order valence-corrected chi connectivity index (χ2v) is 6.53. The van der Waals surface area contributed by atoms with Crippen molar-refractivity contribution in [3.05, 3.63) is 95.7 Å². The first-order chi connectivity index (χ1) is 14.0. The number of rotatable bonds is 6. The van der Waals surface area contributed by atoms with E-state index in [-0.39, 0.29) is 5.57 Å². The van der Waals surface area contributed by atoms with Crippen LogP contribution in [0.2, 0.25) is 0 Å². The van der Waals surface area contributed by atoms with Gasteiger partial charge in [0.25, 0.3) is 5.91 Å². The molecule has 5 nitrogen and oxygen atoms in total. The summed E-state index contributed by atoms with van der Waals surface area (Å²) in [6, 6.07) is 24.2. The highest BCUT2D eigenvalue weighted by atomic mass is 16.5. The van der Waals surface area contributed by atoms with E-state index in [1.165, 1.54) is 6.20 Å². The van der Waals surface area contributed by atoms with Gasteiger partial charge in [-0.2, -0.15) is 5.26 Å². The molecule has 0 radical (unpaired) electrons. The number of aryl methyl sites for hydroxylation is 2. The highest BCUT2D eigenvalue weighted by molar-refractivity contribution is 6.06.